The van der Waals surface area contributed by atoms with Gasteiger partial charge in [-0.25, -0.2) is 4.39 Å². The average Bonchev–Trinajstić information content (AvgIpc) is 2.74. The number of likely N-dealkylation sites (tertiary alicyclic amines) is 1. The summed E-state index contributed by atoms with van der Waals surface area (Å²) in [6, 6.07) is 6.64. The van der Waals surface area contributed by atoms with Gasteiger partial charge in [0.15, 0.2) is 0 Å². The van der Waals surface area contributed by atoms with Gasteiger partial charge in [-0.2, -0.15) is 5.26 Å². The Morgan fingerprint density at radius 3 is 2.67 bits per heavy atom. The molecule has 1 aliphatic heterocycles. The Morgan fingerprint density at radius 1 is 1.33 bits per heavy atom. The summed E-state index contributed by atoms with van der Waals surface area (Å²) in [6.45, 7) is 2.77. The molecule has 0 spiro atoms. The Hall–Kier alpha value is -1.40. The van der Waals surface area contributed by atoms with Crippen LogP contribution in [0.5, 0.6) is 0 Å². The van der Waals surface area contributed by atoms with Crippen molar-refractivity contribution < 1.29 is 4.39 Å². The molecule has 0 aliphatic carbocycles. The Kier molecular flexibility index (Phi) is 2.98. The van der Waals surface area contributed by atoms with Crippen molar-refractivity contribution in [2.45, 2.75) is 19.4 Å². The zero-order valence-corrected chi connectivity index (χ0v) is 8.54. The molecule has 1 aromatic carbocycles. The van der Waals surface area contributed by atoms with Crippen molar-refractivity contribution in [3.8, 4) is 6.07 Å². The van der Waals surface area contributed by atoms with Crippen molar-refractivity contribution in [3.05, 3.63) is 35.1 Å². The Balaban J connectivity index is 2.11. The second-order valence-electron chi connectivity index (χ2n) is 3.90. The van der Waals surface area contributed by atoms with Crippen molar-refractivity contribution >= 4 is 0 Å². The lowest BCUT2D eigenvalue weighted by Gasteiger charge is -2.14. The summed E-state index contributed by atoms with van der Waals surface area (Å²) in [7, 11) is 0. The molecule has 2 rings (SSSR count). The fourth-order valence-electron chi connectivity index (χ4n) is 1.93. The van der Waals surface area contributed by atoms with Crippen LogP contribution in [0, 0.1) is 17.1 Å². The second kappa shape index (κ2) is 4.41. The molecule has 0 bridgehead atoms. The van der Waals surface area contributed by atoms with Crippen molar-refractivity contribution in [2.24, 2.45) is 0 Å². The van der Waals surface area contributed by atoms with Gasteiger partial charge in [0, 0.05) is 12.1 Å². The second-order valence-corrected chi connectivity index (χ2v) is 3.90. The molecule has 1 fully saturated rings. The van der Waals surface area contributed by atoms with Gasteiger partial charge in [-0.3, -0.25) is 4.90 Å². The number of halogens is 1. The van der Waals surface area contributed by atoms with Gasteiger partial charge >= 0.3 is 0 Å². The molecule has 0 unspecified atom stereocenters. The fourth-order valence-corrected chi connectivity index (χ4v) is 1.93. The lowest BCUT2D eigenvalue weighted by Crippen LogP contribution is -2.19. The number of nitriles is 1. The standard InChI is InChI=1S/C12H13FN2/c13-12-7-10(8-14)3-4-11(12)9-15-5-1-2-6-15/h3-4,7H,1-2,5-6,9H2. The van der Waals surface area contributed by atoms with E-state index >= 15 is 0 Å². The number of hydrogen-bond donors (Lipinski definition) is 0. The van der Waals surface area contributed by atoms with E-state index in [1.54, 1.807) is 12.1 Å². The Labute approximate surface area is 88.9 Å². The minimum atomic E-state index is -0.263. The Bertz CT molecular complexity index is 389. The molecular formula is C12H13FN2. The van der Waals surface area contributed by atoms with E-state index in [4.69, 9.17) is 5.26 Å². The zero-order chi connectivity index (χ0) is 10.7. The first kappa shape index (κ1) is 10.1. The summed E-state index contributed by atoms with van der Waals surface area (Å²) < 4.78 is 13.5. The van der Waals surface area contributed by atoms with Crippen LogP contribution in [0.15, 0.2) is 18.2 Å². The summed E-state index contributed by atoms with van der Waals surface area (Å²) in [5.41, 5.74) is 1.08. The summed E-state index contributed by atoms with van der Waals surface area (Å²) in [5.74, 6) is -0.263. The molecule has 1 aromatic rings. The van der Waals surface area contributed by atoms with Gasteiger partial charge < -0.3 is 0 Å². The van der Waals surface area contributed by atoms with Gasteiger partial charge in [0.25, 0.3) is 0 Å². The third-order valence-electron chi connectivity index (χ3n) is 2.77. The molecule has 1 saturated heterocycles. The molecular weight excluding hydrogens is 191 g/mol. The number of nitrogens with zero attached hydrogens (tertiary/aromatic N) is 2. The van der Waals surface area contributed by atoms with Crippen LogP contribution in [-0.2, 0) is 6.54 Å². The van der Waals surface area contributed by atoms with E-state index in [0.717, 1.165) is 13.1 Å². The van der Waals surface area contributed by atoms with Gasteiger partial charge in [-0.15, -0.1) is 0 Å². The number of rotatable bonds is 2. The number of hydrogen-bond acceptors (Lipinski definition) is 2. The van der Waals surface area contributed by atoms with Crippen molar-refractivity contribution in [1.82, 2.24) is 4.90 Å². The summed E-state index contributed by atoms with van der Waals surface area (Å²) in [4.78, 5) is 2.24. The molecule has 78 valence electrons. The van der Waals surface area contributed by atoms with Crippen LogP contribution in [0.1, 0.15) is 24.0 Å². The molecule has 0 aromatic heterocycles. The molecule has 3 heteroatoms. The molecule has 2 nitrogen and oxygen atoms in total. The monoisotopic (exact) mass is 204 g/mol. The average molecular weight is 204 g/mol. The van der Waals surface area contributed by atoms with Crippen molar-refractivity contribution in [3.63, 3.8) is 0 Å². The molecule has 0 saturated carbocycles. The van der Waals surface area contributed by atoms with Crippen LogP contribution < -0.4 is 0 Å². The number of benzene rings is 1. The summed E-state index contributed by atoms with van der Waals surface area (Å²) in [5, 5.41) is 8.61. The predicted molar refractivity (Wildman–Crippen MR) is 55.6 cm³/mol. The largest absolute Gasteiger partial charge is 0.299 e. The van der Waals surface area contributed by atoms with E-state index in [0.29, 0.717) is 17.7 Å². The molecule has 0 radical (unpaired) electrons. The highest BCUT2D eigenvalue weighted by Crippen LogP contribution is 2.16. The SMILES string of the molecule is N#Cc1ccc(CN2CCCC2)c(F)c1. The normalized spacial score (nSPS) is 16.5. The van der Waals surface area contributed by atoms with Crippen molar-refractivity contribution in [1.29, 1.82) is 5.26 Å². The van der Waals surface area contributed by atoms with Crippen LogP contribution in [0.4, 0.5) is 4.39 Å². The molecule has 0 amide bonds. The first-order valence-corrected chi connectivity index (χ1v) is 5.20. The first-order valence-electron chi connectivity index (χ1n) is 5.20. The predicted octanol–water partition coefficient (Wildman–Crippen LogP) is 2.29. The van der Waals surface area contributed by atoms with E-state index in [-0.39, 0.29) is 5.82 Å². The van der Waals surface area contributed by atoms with E-state index in [1.165, 1.54) is 18.9 Å². The van der Waals surface area contributed by atoms with E-state index in [1.807, 2.05) is 6.07 Å². The topological polar surface area (TPSA) is 27.0 Å². The van der Waals surface area contributed by atoms with E-state index in [2.05, 4.69) is 4.90 Å². The highest BCUT2D eigenvalue weighted by atomic mass is 19.1. The zero-order valence-electron chi connectivity index (χ0n) is 8.54. The first-order chi connectivity index (χ1) is 7.29. The van der Waals surface area contributed by atoms with Gasteiger partial charge in [0.2, 0.25) is 0 Å². The third kappa shape index (κ3) is 2.34. The Morgan fingerprint density at radius 2 is 2.07 bits per heavy atom. The maximum absolute atomic E-state index is 13.5. The van der Waals surface area contributed by atoms with Crippen LogP contribution >= 0.6 is 0 Å². The highest BCUT2D eigenvalue weighted by Gasteiger charge is 2.13. The lowest BCUT2D eigenvalue weighted by atomic mass is 10.1. The van der Waals surface area contributed by atoms with E-state index < -0.39 is 0 Å². The molecule has 15 heavy (non-hydrogen) atoms. The van der Waals surface area contributed by atoms with Crippen molar-refractivity contribution in [2.75, 3.05) is 13.1 Å². The maximum Gasteiger partial charge on any atom is 0.129 e. The molecule has 0 atom stereocenters. The van der Waals surface area contributed by atoms with Gasteiger partial charge in [-0.05, 0) is 38.1 Å². The maximum atomic E-state index is 13.5. The quantitative estimate of drug-likeness (QED) is 0.739. The molecule has 1 heterocycles. The van der Waals surface area contributed by atoms with E-state index in [9.17, 15) is 4.39 Å². The third-order valence-corrected chi connectivity index (χ3v) is 2.77. The lowest BCUT2D eigenvalue weighted by molar-refractivity contribution is 0.325. The van der Waals surface area contributed by atoms with Gasteiger partial charge in [0.1, 0.15) is 5.82 Å². The fraction of sp³-hybridized carbons (Fsp3) is 0.417. The highest BCUT2D eigenvalue weighted by molar-refractivity contribution is 5.32. The molecule has 1 aliphatic rings. The van der Waals surface area contributed by atoms with Crippen LogP contribution in [0.3, 0.4) is 0 Å². The summed E-state index contributed by atoms with van der Waals surface area (Å²) in [6.07, 6.45) is 2.41. The van der Waals surface area contributed by atoms with Gasteiger partial charge in [0.05, 0.1) is 11.6 Å². The van der Waals surface area contributed by atoms with Crippen LogP contribution in [0.2, 0.25) is 0 Å². The summed E-state index contributed by atoms with van der Waals surface area (Å²) >= 11 is 0. The smallest absolute Gasteiger partial charge is 0.129 e. The minimum Gasteiger partial charge on any atom is -0.299 e. The van der Waals surface area contributed by atoms with Crippen LogP contribution in [-0.4, -0.2) is 18.0 Å². The van der Waals surface area contributed by atoms with Crippen LogP contribution in [0.25, 0.3) is 0 Å². The minimum absolute atomic E-state index is 0.263. The van der Waals surface area contributed by atoms with Gasteiger partial charge in [-0.1, -0.05) is 6.07 Å². The molecule has 0 N–H and O–H groups in total.